The molecule has 202 valence electrons. The molecular weight excluding hydrogens is 535 g/mol. The minimum absolute atomic E-state index is 0.0476. The predicted molar refractivity (Wildman–Crippen MR) is 128 cm³/mol. The molecule has 0 saturated carbocycles. The first-order chi connectivity index (χ1) is 18.6. The highest BCUT2D eigenvalue weighted by Crippen LogP contribution is 2.26. The summed E-state index contributed by atoms with van der Waals surface area (Å²) < 4.78 is 102. The molecule has 0 aromatic heterocycles. The summed E-state index contributed by atoms with van der Waals surface area (Å²) in [6.45, 7) is 0. The Bertz CT molecular complexity index is 1330. The Morgan fingerprint density at radius 2 is 0.872 bits per heavy atom. The van der Waals surface area contributed by atoms with Crippen LogP contribution in [0.2, 0.25) is 0 Å². The molecule has 14 heteroatoms. The minimum Gasteiger partial charge on any atom is -0.537 e. The van der Waals surface area contributed by atoms with E-state index >= 15 is 0 Å². The SMILES string of the molecule is COc1ccc(-c2ccc(F)c(F)c2)cc1F.O[B]Oc1ccc(F)c(F)c1.O[B]Oc1ccc(F)c(F)c1. The molecule has 0 aliphatic rings. The Morgan fingerprint density at radius 1 is 0.487 bits per heavy atom. The van der Waals surface area contributed by atoms with Gasteiger partial charge in [-0.15, -0.1) is 0 Å². The first kappa shape index (κ1) is 31.1. The van der Waals surface area contributed by atoms with Gasteiger partial charge in [-0.3, -0.25) is 0 Å². The van der Waals surface area contributed by atoms with E-state index in [0.717, 1.165) is 36.4 Å². The zero-order chi connectivity index (χ0) is 28.9. The molecule has 0 spiro atoms. The maximum Gasteiger partial charge on any atom is 0.569 e. The number of halogens is 7. The molecule has 5 nitrogen and oxygen atoms in total. The van der Waals surface area contributed by atoms with Crippen LogP contribution in [0.5, 0.6) is 17.2 Å². The summed E-state index contributed by atoms with van der Waals surface area (Å²) in [7, 11) is 2.15. The molecule has 2 radical (unpaired) electrons. The van der Waals surface area contributed by atoms with Crippen LogP contribution < -0.4 is 14.0 Å². The van der Waals surface area contributed by atoms with Crippen molar-refractivity contribution in [3.05, 3.63) is 114 Å². The predicted octanol–water partition coefficient (Wildman–Crippen LogP) is 5.52. The van der Waals surface area contributed by atoms with E-state index in [2.05, 4.69) is 9.31 Å². The Hall–Kier alpha value is -4.16. The molecule has 4 rings (SSSR count). The molecule has 0 bridgehead atoms. The number of benzene rings is 4. The Balaban J connectivity index is 0.000000214. The average molecular weight is 552 g/mol. The highest BCUT2D eigenvalue weighted by molar-refractivity contribution is 6.17. The lowest BCUT2D eigenvalue weighted by Crippen LogP contribution is -2.00. The standard InChI is InChI=1S/C13H9F3O.2C6H4BF2O2/c1-17-13-5-3-9(7-12(13)16)8-2-4-10(14)11(15)6-8;2*8-5-2-1-4(11-7-10)3-6(5)9/h2-7H,1H3;2*1-3,10H. The van der Waals surface area contributed by atoms with Crippen molar-refractivity contribution in [3.8, 4) is 28.4 Å². The Kier molecular flexibility index (Phi) is 12.2. The van der Waals surface area contributed by atoms with E-state index in [0.29, 0.717) is 26.5 Å². The highest BCUT2D eigenvalue weighted by atomic mass is 19.2. The second-order valence-corrected chi connectivity index (χ2v) is 7.08. The molecule has 4 aromatic carbocycles. The zero-order valence-electron chi connectivity index (χ0n) is 19.8. The summed E-state index contributed by atoms with van der Waals surface area (Å²) in [5.74, 6) is -6.15. The number of hydrogen-bond acceptors (Lipinski definition) is 5. The van der Waals surface area contributed by atoms with Crippen molar-refractivity contribution in [3.63, 3.8) is 0 Å². The molecule has 0 fully saturated rings. The van der Waals surface area contributed by atoms with Crippen molar-refractivity contribution in [2.24, 2.45) is 0 Å². The van der Waals surface area contributed by atoms with Gasteiger partial charge in [0.05, 0.1) is 7.11 Å². The Morgan fingerprint density at radius 3 is 1.23 bits per heavy atom. The van der Waals surface area contributed by atoms with E-state index in [9.17, 15) is 30.7 Å². The molecule has 0 saturated heterocycles. The number of methoxy groups -OCH3 is 1. The summed E-state index contributed by atoms with van der Waals surface area (Å²) in [5, 5.41) is 16.2. The van der Waals surface area contributed by atoms with Gasteiger partial charge in [0.1, 0.15) is 11.5 Å². The zero-order valence-corrected chi connectivity index (χ0v) is 19.8. The van der Waals surface area contributed by atoms with Crippen LogP contribution in [-0.2, 0) is 0 Å². The fraction of sp³-hybridized carbons (Fsp3) is 0.0400. The maximum absolute atomic E-state index is 13.4. The van der Waals surface area contributed by atoms with Crippen LogP contribution in [0.3, 0.4) is 0 Å². The van der Waals surface area contributed by atoms with E-state index in [1.807, 2.05) is 0 Å². The van der Waals surface area contributed by atoms with Crippen molar-refractivity contribution in [1.82, 2.24) is 0 Å². The van der Waals surface area contributed by atoms with Crippen molar-refractivity contribution in [2.45, 2.75) is 0 Å². The molecule has 0 unspecified atom stereocenters. The number of ether oxygens (including phenoxy) is 1. The van der Waals surface area contributed by atoms with Gasteiger partial charge >= 0.3 is 15.4 Å². The lowest BCUT2D eigenvalue weighted by atomic mass is 10.1. The lowest BCUT2D eigenvalue weighted by molar-refractivity contribution is 0.386. The van der Waals surface area contributed by atoms with Gasteiger partial charge in [0.2, 0.25) is 0 Å². The molecule has 2 N–H and O–H groups in total. The lowest BCUT2D eigenvalue weighted by Gasteiger charge is -2.05. The van der Waals surface area contributed by atoms with Crippen LogP contribution in [0.25, 0.3) is 11.1 Å². The van der Waals surface area contributed by atoms with Crippen molar-refractivity contribution < 1.29 is 54.8 Å². The van der Waals surface area contributed by atoms with Crippen molar-refractivity contribution >= 4 is 15.4 Å². The molecule has 0 aliphatic carbocycles. The second kappa shape index (κ2) is 15.3. The summed E-state index contributed by atoms with van der Waals surface area (Å²) in [5.41, 5.74) is 0.868. The average Bonchev–Trinajstić information content (AvgIpc) is 2.91. The van der Waals surface area contributed by atoms with E-state index in [4.69, 9.17) is 14.8 Å². The van der Waals surface area contributed by atoms with E-state index in [1.54, 1.807) is 6.07 Å². The van der Waals surface area contributed by atoms with Gasteiger partial charge in [0, 0.05) is 12.1 Å². The smallest absolute Gasteiger partial charge is 0.537 e. The van der Waals surface area contributed by atoms with Crippen LogP contribution in [0.1, 0.15) is 0 Å². The van der Waals surface area contributed by atoms with E-state index < -0.39 is 40.7 Å². The van der Waals surface area contributed by atoms with Gasteiger partial charge < -0.3 is 24.1 Å². The monoisotopic (exact) mass is 552 g/mol. The maximum atomic E-state index is 13.4. The normalized spacial score (nSPS) is 9.79. The molecular formula is C25H17B2F7O5. The minimum atomic E-state index is -1.01. The van der Waals surface area contributed by atoms with Gasteiger partial charge in [-0.2, -0.15) is 0 Å². The van der Waals surface area contributed by atoms with E-state index in [-0.39, 0.29) is 17.2 Å². The molecule has 0 aliphatic heterocycles. The molecule has 39 heavy (non-hydrogen) atoms. The van der Waals surface area contributed by atoms with Crippen LogP contribution >= 0.6 is 0 Å². The largest absolute Gasteiger partial charge is 0.569 e. The molecule has 0 amide bonds. The number of rotatable bonds is 6. The number of hydrogen-bond donors (Lipinski definition) is 2. The summed E-state index contributed by atoms with van der Waals surface area (Å²) >= 11 is 0. The molecule has 0 atom stereocenters. The quantitative estimate of drug-likeness (QED) is 0.244. The van der Waals surface area contributed by atoms with Gasteiger partial charge in [0.25, 0.3) is 0 Å². The third-order valence-electron chi connectivity index (χ3n) is 4.56. The fourth-order valence-corrected chi connectivity index (χ4v) is 2.74. The third-order valence-corrected chi connectivity index (χ3v) is 4.56. The topological polar surface area (TPSA) is 68.2 Å². The first-order valence-corrected chi connectivity index (χ1v) is 10.5. The van der Waals surface area contributed by atoms with Crippen LogP contribution in [0.15, 0.2) is 72.8 Å². The van der Waals surface area contributed by atoms with Crippen LogP contribution in [0.4, 0.5) is 30.7 Å². The second-order valence-electron chi connectivity index (χ2n) is 7.08. The first-order valence-electron chi connectivity index (χ1n) is 10.5. The van der Waals surface area contributed by atoms with Gasteiger partial charge in [-0.25, -0.2) is 30.7 Å². The van der Waals surface area contributed by atoms with Crippen molar-refractivity contribution in [1.29, 1.82) is 0 Å². The Labute approximate surface area is 219 Å². The van der Waals surface area contributed by atoms with Gasteiger partial charge in [0.15, 0.2) is 46.5 Å². The van der Waals surface area contributed by atoms with Crippen LogP contribution in [-0.4, -0.2) is 32.5 Å². The van der Waals surface area contributed by atoms with Crippen LogP contribution in [0, 0.1) is 40.7 Å². The third kappa shape index (κ3) is 9.58. The van der Waals surface area contributed by atoms with Crippen molar-refractivity contribution in [2.75, 3.05) is 7.11 Å². The summed E-state index contributed by atoms with van der Waals surface area (Å²) in [4.78, 5) is 0. The van der Waals surface area contributed by atoms with E-state index in [1.165, 1.54) is 37.4 Å². The molecule has 0 heterocycles. The fourth-order valence-electron chi connectivity index (χ4n) is 2.74. The highest BCUT2D eigenvalue weighted by Gasteiger charge is 2.08. The summed E-state index contributed by atoms with van der Waals surface area (Å²) in [6, 6.07) is 13.5. The van der Waals surface area contributed by atoms with Gasteiger partial charge in [-0.1, -0.05) is 12.1 Å². The van der Waals surface area contributed by atoms with Gasteiger partial charge in [-0.05, 0) is 59.7 Å². The summed E-state index contributed by atoms with van der Waals surface area (Å²) in [6.07, 6.45) is 0. The molecule has 4 aromatic rings.